The van der Waals surface area contributed by atoms with Gasteiger partial charge in [0.1, 0.15) is 10.0 Å². The smallest absolute Gasteiger partial charge is 0.111 e. The first-order valence-corrected chi connectivity index (χ1v) is 14.6. The molecule has 0 aliphatic heterocycles. The number of pyridine rings is 1. The van der Waals surface area contributed by atoms with Crippen LogP contribution >= 0.6 is 34.3 Å². The SMILES string of the molecule is CC(C)CC(N)c1nc2cc(-c3ccncc3)ccc2s1.CC(C)CC(N)c1nc2cc(Cl)ccc2s1. The highest BCUT2D eigenvalue weighted by Crippen LogP contribution is 2.32. The Hall–Kier alpha value is -2.42. The average molecular weight is 552 g/mol. The Labute approximate surface area is 231 Å². The molecule has 0 saturated heterocycles. The predicted octanol–water partition coefficient (Wildman–Crippen LogP) is 8.40. The second-order valence-electron chi connectivity index (χ2n) is 10.1. The van der Waals surface area contributed by atoms with Gasteiger partial charge < -0.3 is 11.5 Å². The fourth-order valence-electron chi connectivity index (χ4n) is 4.12. The van der Waals surface area contributed by atoms with Crippen LogP contribution in [0.5, 0.6) is 0 Å². The van der Waals surface area contributed by atoms with Crippen molar-refractivity contribution in [1.82, 2.24) is 15.0 Å². The van der Waals surface area contributed by atoms with Gasteiger partial charge in [0, 0.05) is 17.4 Å². The minimum Gasteiger partial charge on any atom is -0.322 e. The van der Waals surface area contributed by atoms with Gasteiger partial charge in [0.15, 0.2) is 0 Å². The van der Waals surface area contributed by atoms with Crippen LogP contribution in [0, 0.1) is 11.8 Å². The van der Waals surface area contributed by atoms with Crippen molar-refractivity contribution in [3.05, 3.63) is 76.0 Å². The number of halogens is 1. The minimum atomic E-state index is 0.0341. The monoisotopic (exact) mass is 551 g/mol. The summed E-state index contributed by atoms with van der Waals surface area (Å²) in [5.41, 5.74) is 16.7. The Kier molecular flexibility index (Phi) is 9.27. The van der Waals surface area contributed by atoms with E-state index in [0.717, 1.165) is 49.2 Å². The molecule has 0 bridgehead atoms. The van der Waals surface area contributed by atoms with E-state index < -0.39 is 0 Å². The van der Waals surface area contributed by atoms with E-state index in [0.29, 0.717) is 11.8 Å². The Morgan fingerprint density at radius 3 is 1.76 bits per heavy atom. The lowest BCUT2D eigenvalue weighted by atomic mass is 10.1. The van der Waals surface area contributed by atoms with E-state index in [2.05, 4.69) is 55.9 Å². The number of nitrogens with zero attached hydrogens (tertiary/aromatic N) is 3. The van der Waals surface area contributed by atoms with Gasteiger partial charge in [-0.05, 0) is 78.3 Å². The summed E-state index contributed by atoms with van der Waals surface area (Å²) in [6.45, 7) is 8.72. The van der Waals surface area contributed by atoms with Gasteiger partial charge in [0.2, 0.25) is 0 Å². The number of hydrogen-bond acceptors (Lipinski definition) is 7. The summed E-state index contributed by atoms with van der Waals surface area (Å²) < 4.78 is 2.35. The number of fused-ring (bicyclic) bond motifs is 2. The van der Waals surface area contributed by atoms with Gasteiger partial charge in [-0.15, -0.1) is 22.7 Å². The van der Waals surface area contributed by atoms with Crippen LogP contribution in [0.4, 0.5) is 0 Å². The molecule has 3 aromatic heterocycles. The normalized spacial score (nSPS) is 13.2. The molecular weight excluding hydrogens is 518 g/mol. The average Bonchev–Trinajstić information content (AvgIpc) is 3.48. The molecule has 0 aliphatic rings. The summed E-state index contributed by atoms with van der Waals surface area (Å²) in [6.07, 6.45) is 5.56. The van der Waals surface area contributed by atoms with Gasteiger partial charge in [-0.1, -0.05) is 45.4 Å². The van der Waals surface area contributed by atoms with Gasteiger partial charge in [-0.25, -0.2) is 9.97 Å². The second-order valence-corrected chi connectivity index (χ2v) is 12.7. The van der Waals surface area contributed by atoms with Crippen LogP contribution in [0.15, 0.2) is 60.9 Å². The first kappa shape index (κ1) is 27.6. The zero-order valence-corrected chi connectivity index (χ0v) is 24.1. The van der Waals surface area contributed by atoms with E-state index in [1.807, 2.05) is 42.7 Å². The molecule has 0 fully saturated rings. The van der Waals surface area contributed by atoms with Gasteiger partial charge in [0.05, 0.1) is 32.5 Å². The lowest BCUT2D eigenvalue weighted by Gasteiger charge is -2.10. The van der Waals surface area contributed by atoms with Crippen LogP contribution in [0.3, 0.4) is 0 Å². The van der Waals surface area contributed by atoms with E-state index in [-0.39, 0.29) is 12.1 Å². The van der Waals surface area contributed by atoms with Gasteiger partial charge >= 0.3 is 0 Å². The third-order valence-corrected chi connectivity index (χ3v) is 8.44. The molecule has 0 amide bonds. The Bertz CT molecular complexity index is 1450. The highest BCUT2D eigenvalue weighted by molar-refractivity contribution is 7.19. The van der Waals surface area contributed by atoms with Crippen LogP contribution in [0.2, 0.25) is 5.02 Å². The van der Waals surface area contributed by atoms with Crippen molar-refractivity contribution in [3.63, 3.8) is 0 Å². The second kappa shape index (κ2) is 12.4. The highest BCUT2D eigenvalue weighted by atomic mass is 35.5. The van der Waals surface area contributed by atoms with Crippen LogP contribution in [0.25, 0.3) is 31.6 Å². The lowest BCUT2D eigenvalue weighted by Crippen LogP contribution is -2.12. The van der Waals surface area contributed by atoms with Crippen LogP contribution < -0.4 is 11.5 Å². The summed E-state index contributed by atoms with van der Waals surface area (Å²) in [5.74, 6) is 1.17. The topological polar surface area (TPSA) is 90.7 Å². The molecule has 4 N–H and O–H groups in total. The molecule has 0 saturated carbocycles. The van der Waals surface area contributed by atoms with E-state index in [1.165, 1.54) is 10.3 Å². The predicted molar refractivity (Wildman–Crippen MR) is 160 cm³/mol. The molecule has 2 atom stereocenters. The summed E-state index contributed by atoms with van der Waals surface area (Å²) >= 11 is 9.29. The van der Waals surface area contributed by atoms with Gasteiger partial charge in [-0.2, -0.15) is 0 Å². The number of rotatable bonds is 7. The standard InChI is InChI=1S/C17H19N3S.C12H15ClN2S/c1-11(2)9-14(18)17-20-15-10-13(3-4-16(15)21-17)12-5-7-19-8-6-12;1-7(2)5-9(14)12-15-10-6-8(13)3-4-11(10)16-12/h3-8,10-11,14H,9,18H2,1-2H3;3-4,6-7,9H,5,14H2,1-2H3. The van der Waals surface area contributed by atoms with Crippen molar-refractivity contribution in [2.24, 2.45) is 23.3 Å². The Balaban J connectivity index is 0.000000180. The maximum atomic E-state index is 6.25. The third kappa shape index (κ3) is 7.33. The van der Waals surface area contributed by atoms with Crippen molar-refractivity contribution < 1.29 is 0 Å². The molecule has 194 valence electrons. The summed E-state index contributed by atoms with van der Waals surface area (Å²) in [4.78, 5) is 13.3. The van der Waals surface area contributed by atoms with Crippen LogP contribution in [-0.4, -0.2) is 15.0 Å². The fourth-order valence-corrected chi connectivity index (χ4v) is 6.21. The van der Waals surface area contributed by atoms with Crippen molar-refractivity contribution >= 4 is 54.7 Å². The van der Waals surface area contributed by atoms with Gasteiger partial charge in [0.25, 0.3) is 0 Å². The van der Waals surface area contributed by atoms with E-state index in [4.69, 9.17) is 28.1 Å². The molecule has 5 rings (SSSR count). The molecule has 0 radical (unpaired) electrons. The quantitative estimate of drug-likeness (QED) is 0.212. The lowest BCUT2D eigenvalue weighted by molar-refractivity contribution is 0.509. The minimum absolute atomic E-state index is 0.0341. The molecule has 0 spiro atoms. The van der Waals surface area contributed by atoms with E-state index >= 15 is 0 Å². The largest absolute Gasteiger partial charge is 0.322 e. The number of thiazole rings is 2. The number of aromatic nitrogens is 3. The Morgan fingerprint density at radius 1 is 0.703 bits per heavy atom. The molecule has 0 aliphatic carbocycles. The molecule has 5 nitrogen and oxygen atoms in total. The fraction of sp³-hybridized carbons (Fsp3) is 0.345. The first-order valence-electron chi connectivity index (χ1n) is 12.6. The third-order valence-electron chi connectivity index (χ3n) is 5.87. The molecule has 8 heteroatoms. The molecule has 5 aromatic rings. The summed E-state index contributed by atoms with van der Waals surface area (Å²) in [6, 6.07) is 16.3. The Morgan fingerprint density at radius 2 is 1.22 bits per heavy atom. The number of hydrogen-bond donors (Lipinski definition) is 2. The molecular formula is C29H34ClN5S2. The zero-order chi connectivity index (χ0) is 26.5. The molecule has 37 heavy (non-hydrogen) atoms. The summed E-state index contributed by atoms with van der Waals surface area (Å²) in [5, 5.41) is 2.76. The number of nitrogens with two attached hydrogens (primary N) is 2. The summed E-state index contributed by atoms with van der Waals surface area (Å²) in [7, 11) is 0. The van der Waals surface area contributed by atoms with Crippen molar-refractivity contribution in [3.8, 4) is 11.1 Å². The first-order chi connectivity index (χ1) is 17.7. The number of benzene rings is 2. The zero-order valence-electron chi connectivity index (χ0n) is 21.7. The molecule has 3 heterocycles. The van der Waals surface area contributed by atoms with E-state index in [1.54, 1.807) is 22.7 Å². The molecule has 2 unspecified atom stereocenters. The van der Waals surface area contributed by atoms with Crippen molar-refractivity contribution in [2.45, 2.75) is 52.6 Å². The van der Waals surface area contributed by atoms with Gasteiger partial charge in [-0.3, -0.25) is 4.98 Å². The highest BCUT2D eigenvalue weighted by Gasteiger charge is 2.15. The maximum Gasteiger partial charge on any atom is 0.111 e. The van der Waals surface area contributed by atoms with Crippen LogP contribution in [-0.2, 0) is 0 Å². The molecule has 2 aromatic carbocycles. The van der Waals surface area contributed by atoms with Crippen LogP contribution in [0.1, 0.15) is 62.6 Å². The van der Waals surface area contributed by atoms with Crippen molar-refractivity contribution in [2.75, 3.05) is 0 Å². The maximum absolute atomic E-state index is 6.25. The van der Waals surface area contributed by atoms with Crippen molar-refractivity contribution in [1.29, 1.82) is 0 Å². The van der Waals surface area contributed by atoms with E-state index in [9.17, 15) is 0 Å².